The summed E-state index contributed by atoms with van der Waals surface area (Å²) in [5.41, 5.74) is 3.89. The number of benzene rings is 1. The molecule has 0 spiro atoms. The van der Waals surface area contributed by atoms with Gasteiger partial charge in [-0.25, -0.2) is 0 Å². The minimum atomic E-state index is -1.98. The summed E-state index contributed by atoms with van der Waals surface area (Å²) < 4.78 is 19.3. The van der Waals surface area contributed by atoms with Gasteiger partial charge in [-0.3, -0.25) is 0 Å². The van der Waals surface area contributed by atoms with Gasteiger partial charge in [0.2, 0.25) is 0 Å². The maximum absolute atomic E-state index is 7.20. The summed E-state index contributed by atoms with van der Waals surface area (Å²) in [6.07, 6.45) is 5.77. The lowest BCUT2D eigenvalue weighted by Gasteiger charge is -2.45. The van der Waals surface area contributed by atoms with Crippen molar-refractivity contribution in [2.75, 3.05) is 12.4 Å². The number of hydrogen-bond donors (Lipinski definition) is 0. The zero-order valence-corrected chi connectivity index (χ0v) is 27.7. The Morgan fingerprint density at radius 1 is 1.00 bits per heavy atom. The van der Waals surface area contributed by atoms with E-state index in [2.05, 4.69) is 116 Å². The Hall–Kier alpha value is -0.883. The third-order valence-electron chi connectivity index (χ3n) is 7.85. The van der Waals surface area contributed by atoms with Crippen molar-refractivity contribution in [1.82, 2.24) is 0 Å². The van der Waals surface area contributed by atoms with Crippen LogP contribution in [0.5, 0.6) is 5.75 Å². The van der Waals surface area contributed by atoms with Crippen LogP contribution in [0.2, 0.25) is 18.1 Å². The number of allylic oxidation sites excluding steroid dienone is 3. The van der Waals surface area contributed by atoms with E-state index in [-0.39, 0.29) is 29.1 Å². The van der Waals surface area contributed by atoms with Crippen molar-refractivity contribution in [2.45, 2.75) is 106 Å². The summed E-state index contributed by atoms with van der Waals surface area (Å²) in [6.45, 7) is 25.8. The molecule has 0 aliphatic rings. The van der Waals surface area contributed by atoms with E-state index < -0.39 is 8.32 Å². The highest BCUT2D eigenvalue weighted by atomic mass is 79.9. The molecule has 1 aromatic carbocycles. The van der Waals surface area contributed by atoms with Gasteiger partial charge in [0.05, 0.1) is 25.9 Å². The standard InChI is InChI=1S/C31H53BrO3Si/c1-13-22(2)18-25(5)30(35-36(11,12)31(7,8)9)26(6)29(24(4)19-23(3)20-32)34-21-27-14-16-28(33-10)17-15-27/h13-17,19,24-26,29-30H,18,20-21H2,1-12H3/b22-13+,23-19+/t24-,25+,26-,29+,30-/m1/s1. The molecule has 0 saturated carbocycles. The van der Waals surface area contributed by atoms with Crippen LogP contribution in [0.3, 0.4) is 0 Å². The zero-order valence-electron chi connectivity index (χ0n) is 25.1. The molecule has 1 aromatic rings. The third-order valence-corrected chi connectivity index (χ3v) is 13.2. The number of rotatable bonds is 14. The van der Waals surface area contributed by atoms with Gasteiger partial charge < -0.3 is 13.9 Å². The quantitative estimate of drug-likeness (QED) is 0.124. The first kappa shape index (κ1) is 33.1. The van der Waals surface area contributed by atoms with Crippen LogP contribution in [0.15, 0.2) is 47.6 Å². The number of alkyl halides is 1. The van der Waals surface area contributed by atoms with Crippen LogP contribution in [0.4, 0.5) is 0 Å². The maximum atomic E-state index is 7.20. The maximum Gasteiger partial charge on any atom is 0.192 e. The monoisotopic (exact) mass is 580 g/mol. The summed E-state index contributed by atoms with van der Waals surface area (Å²) in [7, 11) is -0.287. The lowest BCUT2D eigenvalue weighted by Crippen LogP contribution is -2.50. The normalized spacial score (nSPS) is 17.9. The fourth-order valence-corrected chi connectivity index (χ4v) is 6.14. The van der Waals surface area contributed by atoms with Crippen molar-refractivity contribution in [3.8, 4) is 5.75 Å². The molecule has 0 N–H and O–H groups in total. The zero-order chi connectivity index (χ0) is 27.7. The minimum Gasteiger partial charge on any atom is -0.497 e. The molecule has 0 unspecified atom stereocenters. The lowest BCUT2D eigenvalue weighted by atomic mass is 9.81. The summed E-state index contributed by atoms with van der Waals surface area (Å²) >= 11 is 3.62. The molecule has 0 saturated heterocycles. The van der Waals surface area contributed by atoms with Crippen molar-refractivity contribution in [2.24, 2.45) is 17.8 Å². The van der Waals surface area contributed by atoms with E-state index in [1.54, 1.807) is 7.11 Å². The molecular weight excluding hydrogens is 528 g/mol. The molecule has 0 radical (unpaired) electrons. The molecule has 0 aliphatic heterocycles. The number of halogens is 1. The molecule has 0 bridgehead atoms. The lowest BCUT2D eigenvalue weighted by molar-refractivity contribution is -0.0645. The minimum absolute atomic E-state index is 0.0317. The summed E-state index contributed by atoms with van der Waals surface area (Å²) in [6, 6.07) is 8.18. The highest BCUT2D eigenvalue weighted by Gasteiger charge is 2.43. The molecule has 5 atom stereocenters. The van der Waals surface area contributed by atoms with E-state index in [0.717, 1.165) is 23.1 Å². The predicted octanol–water partition coefficient (Wildman–Crippen LogP) is 9.58. The van der Waals surface area contributed by atoms with Crippen molar-refractivity contribution >= 4 is 24.2 Å². The molecule has 0 heterocycles. The van der Waals surface area contributed by atoms with E-state index in [0.29, 0.717) is 12.5 Å². The molecular formula is C31H53BrO3Si. The van der Waals surface area contributed by atoms with Crippen LogP contribution in [-0.2, 0) is 15.8 Å². The van der Waals surface area contributed by atoms with Crippen molar-refractivity contribution in [3.05, 3.63) is 53.1 Å². The Morgan fingerprint density at radius 3 is 2.06 bits per heavy atom. The topological polar surface area (TPSA) is 27.7 Å². The second-order valence-corrected chi connectivity index (χ2v) is 17.5. The van der Waals surface area contributed by atoms with E-state index in [9.17, 15) is 0 Å². The second-order valence-electron chi connectivity index (χ2n) is 12.1. The van der Waals surface area contributed by atoms with Gasteiger partial charge >= 0.3 is 0 Å². The predicted molar refractivity (Wildman–Crippen MR) is 163 cm³/mol. The number of ether oxygens (including phenoxy) is 2. The third kappa shape index (κ3) is 10.1. The average Bonchev–Trinajstić information content (AvgIpc) is 2.81. The Bertz CT molecular complexity index is 838. The molecule has 1 rings (SSSR count). The van der Waals surface area contributed by atoms with Gasteiger partial charge in [0.25, 0.3) is 0 Å². The van der Waals surface area contributed by atoms with Crippen molar-refractivity contribution in [3.63, 3.8) is 0 Å². The molecule has 5 heteroatoms. The van der Waals surface area contributed by atoms with Crippen LogP contribution in [-0.4, -0.2) is 33.0 Å². The largest absolute Gasteiger partial charge is 0.497 e. The molecule has 3 nitrogen and oxygen atoms in total. The Kier molecular flexibility index (Phi) is 13.7. The smallest absolute Gasteiger partial charge is 0.192 e. The first-order valence-corrected chi connectivity index (χ1v) is 17.5. The van der Waals surface area contributed by atoms with Gasteiger partial charge in [0, 0.05) is 17.2 Å². The van der Waals surface area contributed by atoms with Crippen LogP contribution in [0.25, 0.3) is 0 Å². The summed E-state index contributed by atoms with van der Waals surface area (Å²) in [4.78, 5) is 0. The second kappa shape index (κ2) is 14.9. The van der Waals surface area contributed by atoms with Crippen molar-refractivity contribution < 1.29 is 13.9 Å². The van der Waals surface area contributed by atoms with E-state index >= 15 is 0 Å². The summed E-state index contributed by atoms with van der Waals surface area (Å²) in [5, 5.41) is 1.02. The first-order valence-electron chi connectivity index (χ1n) is 13.4. The van der Waals surface area contributed by atoms with Crippen LogP contribution in [0, 0.1) is 17.8 Å². The Balaban J connectivity index is 3.36. The Labute approximate surface area is 232 Å². The van der Waals surface area contributed by atoms with Crippen LogP contribution < -0.4 is 4.74 Å². The van der Waals surface area contributed by atoms with E-state index in [1.165, 1.54) is 11.1 Å². The molecule has 0 fully saturated rings. The van der Waals surface area contributed by atoms with Crippen LogP contribution in [0.1, 0.15) is 74.3 Å². The van der Waals surface area contributed by atoms with Gasteiger partial charge in [-0.1, -0.05) is 92.9 Å². The molecule has 0 amide bonds. The van der Waals surface area contributed by atoms with Gasteiger partial charge in [0.1, 0.15) is 5.75 Å². The van der Waals surface area contributed by atoms with Crippen LogP contribution >= 0.6 is 15.9 Å². The Morgan fingerprint density at radius 2 is 1.58 bits per heavy atom. The molecule has 36 heavy (non-hydrogen) atoms. The molecule has 0 aromatic heterocycles. The fraction of sp³-hybridized carbons (Fsp3) is 0.677. The van der Waals surface area contributed by atoms with Gasteiger partial charge in [-0.05, 0) is 68.9 Å². The number of hydrogen-bond acceptors (Lipinski definition) is 3. The molecule has 0 aliphatic carbocycles. The highest BCUT2D eigenvalue weighted by molar-refractivity contribution is 9.09. The summed E-state index contributed by atoms with van der Waals surface area (Å²) in [5.74, 6) is 1.75. The van der Waals surface area contributed by atoms with E-state index in [1.807, 2.05) is 12.1 Å². The van der Waals surface area contributed by atoms with E-state index in [4.69, 9.17) is 13.9 Å². The SMILES string of the molecule is C/C=C(\C)C[C@H](C)[C@@H](O[Si](C)(C)C(C)(C)C)[C@H](C)[C@@H](OCc1ccc(OC)cc1)[C@H](C)/C=C(\C)CBr. The number of methoxy groups -OCH3 is 1. The average molecular weight is 582 g/mol. The highest BCUT2D eigenvalue weighted by Crippen LogP contribution is 2.41. The van der Waals surface area contributed by atoms with Gasteiger partial charge in [-0.2, -0.15) is 0 Å². The van der Waals surface area contributed by atoms with Gasteiger partial charge in [0.15, 0.2) is 8.32 Å². The van der Waals surface area contributed by atoms with Gasteiger partial charge in [-0.15, -0.1) is 0 Å². The molecule has 206 valence electrons. The fourth-order valence-electron chi connectivity index (χ4n) is 4.47. The first-order chi connectivity index (χ1) is 16.7. The van der Waals surface area contributed by atoms with Crippen molar-refractivity contribution in [1.29, 1.82) is 0 Å².